The SMILES string of the molecule is CCC(C)(C)n1nnnc1CN(Cc1cc2cc(C)ccc2[nH]c1=O)CC1CCCO1. The Morgan fingerprint density at radius 3 is 2.87 bits per heavy atom. The van der Waals surface area contributed by atoms with E-state index < -0.39 is 0 Å². The number of pyridine rings is 1. The molecule has 1 saturated heterocycles. The summed E-state index contributed by atoms with van der Waals surface area (Å²) in [7, 11) is 0. The Balaban J connectivity index is 1.63. The van der Waals surface area contributed by atoms with Crippen LogP contribution in [-0.4, -0.2) is 49.3 Å². The second kappa shape index (κ2) is 8.88. The van der Waals surface area contributed by atoms with Gasteiger partial charge < -0.3 is 9.72 Å². The molecule has 1 aliphatic rings. The molecule has 1 aromatic carbocycles. The van der Waals surface area contributed by atoms with Crippen molar-refractivity contribution in [2.24, 2.45) is 0 Å². The molecular formula is C23H32N6O2. The van der Waals surface area contributed by atoms with Gasteiger partial charge in [-0.3, -0.25) is 9.69 Å². The summed E-state index contributed by atoms with van der Waals surface area (Å²) >= 11 is 0. The van der Waals surface area contributed by atoms with Crippen molar-refractivity contribution in [3.8, 4) is 0 Å². The summed E-state index contributed by atoms with van der Waals surface area (Å²) in [5, 5.41) is 13.5. The molecule has 1 aliphatic heterocycles. The first-order chi connectivity index (χ1) is 14.9. The van der Waals surface area contributed by atoms with Gasteiger partial charge in [0.25, 0.3) is 5.56 Å². The highest BCUT2D eigenvalue weighted by Crippen LogP contribution is 2.22. The Bertz CT molecular complexity index is 1100. The highest BCUT2D eigenvalue weighted by Gasteiger charge is 2.26. The average molecular weight is 425 g/mol. The Morgan fingerprint density at radius 2 is 2.13 bits per heavy atom. The summed E-state index contributed by atoms with van der Waals surface area (Å²) < 4.78 is 7.80. The number of benzene rings is 1. The Morgan fingerprint density at radius 1 is 1.29 bits per heavy atom. The fraction of sp³-hybridized carbons (Fsp3) is 0.565. The lowest BCUT2D eigenvalue weighted by Gasteiger charge is -2.28. The molecule has 8 nitrogen and oxygen atoms in total. The van der Waals surface area contributed by atoms with Crippen LogP contribution in [0.3, 0.4) is 0 Å². The van der Waals surface area contributed by atoms with Crippen molar-refractivity contribution < 1.29 is 4.74 Å². The summed E-state index contributed by atoms with van der Waals surface area (Å²) in [6.07, 6.45) is 3.20. The van der Waals surface area contributed by atoms with Gasteiger partial charge in [-0.15, -0.1) is 5.10 Å². The van der Waals surface area contributed by atoms with Crippen molar-refractivity contribution in [2.45, 2.75) is 71.7 Å². The van der Waals surface area contributed by atoms with Gasteiger partial charge in [-0.2, -0.15) is 0 Å². The zero-order valence-electron chi connectivity index (χ0n) is 18.9. The number of hydrogen-bond donors (Lipinski definition) is 1. The predicted molar refractivity (Wildman–Crippen MR) is 120 cm³/mol. The van der Waals surface area contributed by atoms with Gasteiger partial charge in [-0.25, -0.2) is 4.68 Å². The monoisotopic (exact) mass is 424 g/mol. The standard InChI is InChI=1S/C23H32N6O2/c1-5-23(3,4)29-21(25-26-27-29)15-28(14-19-7-6-10-31-19)13-18-12-17-11-16(2)8-9-20(17)24-22(18)30/h8-9,11-12,19H,5-7,10,13-15H2,1-4H3,(H,24,30). The van der Waals surface area contributed by atoms with E-state index in [9.17, 15) is 4.79 Å². The molecule has 3 aromatic rings. The molecule has 0 spiro atoms. The number of rotatable bonds is 8. The zero-order valence-corrected chi connectivity index (χ0v) is 18.9. The Kier molecular flexibility index (Phi) is 6.20. The van der Waals surface area contributed by atoms with E-state index in [1.54, 1.807) is 0 Å². The molecule has 0 bridgehead atoms. The number of aromatic amines is 1. The van der Waals surface area contributed by atoms with Crippen LogP contribution in [0.25, 0.3) is 10.9 Å². The minimum atomic E-state index is -0.174. The second-order valence-electron chi connectivity index (χ2n) is 9.19. The fourth-order valence-corrected chi connectivity index (χ4v) is 4.12. The van der Waals surface area contributed by atoms with Crippen molar-refractivity contribution in [1.82, 2.24) is 30.1 Å². The van der Waals surface area contributed by atoms with Crippen LogP contribution in [0.1, 0.15) is 57.0 Å². The molecule has 4 rings (SSSR count). The maximum atomic E-state index is 12.8. The van der Waals surface area contributed by atoms with Crippen molar-refractivity contribution in [1.29, 1.82) is 0 Å². The quantitative estimate of drug-likeness (QED) is 0.598. The van der Waals surface area contributed by atoms with Crippen molar-refractivity contribution in [3.05, 3.63) is 51.6 Å². The van der Waals surface area contributed by atoms with Crippen LogP contribution in [0.5, 0.6) is 0 Å². The third-order valence-electron chi connectivity index (χ3n) is 6.29. The van der Waals surface area contributed by atoms with E-state index in [2.05, 4.69) is 59.2 Å². The fourth-order valence-electron chi connectivity index (χ4n) is 4.12. The van der Waals surface area contributed by atoms with Gasteiger partial charge in [0.15, 0.2) is 5.82 Å². The van der Waals surface area contributed by atoms with E-state index in [1.165, 1.54) is 5.56 Å². The third kappa shape index (κ3) is 4.85. The third-order valence-corrected chi connectivity index (χ3v) is 6.29. The van der Waals surface area contributed by atoms with E-state index >= 15 is 0 Å². The highest BCUT2D eigenvalue weighted by atomic mass is 16.5. The number of H-pyrrole nitrogens is 1. The molecule has 0 amide bonds. The van der Waals surface area contributed by atoms with Crippen LogP contribution in [0.15, 0.2) is 29.1 Å². The Hall–Kier alpha value is -2.58. The molecule has 0 saturated carbocycles. The predicted octanol–water partition coefficient (Wildman–Crippen LogP) is 3.15. The van der Waals surface area contributed by atoms with E-state index in [0.717, 1.165) is 54.7 Å². The number of ether oxygens (including phenoxy) is 1. The van der Waals surface area contributed by atoms with Gasteiger partial charge in [0.1, 0.15) is 0 Å². The van der Waals surface area contributed by atoms with E-state index in [-0.39, 0.29) is 17.2 Å². The molecule has 1 N–H and O–H groups in total. The molecule has 0 aliphatic carbocycles. The summed E-state index contributed by atoms with van der Waals surface area (Å²) in [6.45, 7) is 11.1. The Labute approximate surface area is 182 Å². The maximum absolute atomic E-state index is 12.8. The lowest BCUT2D eigenvalue weighted by molar-refractivity contribution is 0.0656. The van der Waals surface area contributed by atoms with E-state index in [0.29, 0.717) is 13.1 Å². The van der Waals surface area contributed by atoms with E-state index in [1.807, 2.05) is 22.9 Å². The number of aryl methyl sites for hydroxylation is 1. The number of fused-ring (bicyclic) bond motifs is 1. The first-order valence-corrected chi connectivity index (χ1v) is 11.1. The molecule has 1 atom stereocenters. The van der Waals surface area contributed by atoms with Crippen molar-refractivity contribution in [3.63, 3.8) is 0 Å². The van der Waals surface area contributed by atoms with Crippen LogP contribution in [-0.2, 0) is 23.4 Å². The van der Waals surface area contributed by atoms with Gasteiger partial charge >= 0.3 is 0 Å². The van der Waals surface area contributed by atoms with Crippen LogP contribution in [0.4, 0.5) is 0 Å². The van der Waals surface area contributed by atoms with Crippen LogP contribution in [0, 0.1) is 6.92 Å². The maximum Gasteiger partial charge on any atom is 0.252 e. The molecule has 3 heterocycles. The zero-order chi connectivity index (χ0) is 22.0. The normalized spacial score (nSPS) is 17.1. The molecule has 0 radical (unpaired) electrons. The van der Waals surface area contributed by atoms with Crippen LogP contribution >= 0.6 is 0 Å². The molecule has 1 fully saturated rings. The topological polar surface area (TPSA) is 88.9 Å². The number of hydrogen-bond acceptors (Lipinski definition) is 6. The van der Waals surface area contributed by atoms with E-state index in [4.69, 9.17) is 4.74 Å². The second-order valence-corrected chi connectivity index (χ2v) is 9.19. The molecule has 8 heteroatoms. The molecular weight excluding hydrogens is 392 g/mol. The van der Waals surface area contributed by atoms with Crippen LogP contribution < -0.4 is 5.56 Å². The lowest BCUT2D eigenvalue weighted by atomic mass is 10.0. The largest absolute Gasteiger partial charge is 0.377 e. The lowest BCUT2D eigenvalue weighted by Crippen LogP contribution is -2.36. The van der Waals surface area contributed by atoms with Crippen molar-refractivity contribution >= 4 is 10.9 Å². The minimum Gasteiger partial charge on any atom is -0.377 e. The smallest absolute Gasteiger partial charge is 0.252 e. The molecule has 2 aromatic heterocycles. The van der Waals surface area contributed by atoms with Gasteiger partial charge in [0.2, 0.25) is 0 Å². The highest BCUT2D eigenvalue weighted by molar-refractivity contribution is 5.79. The average Bonchev–Trinajstić information content (AvgIpc) is 3.41. The van der Waals surface area contributed by atoms with Gasteiger partial charge in [0.05, 0.1) is 18.2 Å². The van der Waals surface area contributed by atoms with Crippen LogP contribution in [0.2, 0.25) is 0 Å². The van der Waals surface area contributed by atoms with Crippen molar-refractivity contribution in [2.75, 3.05) is 13.2 Å². The summed E-state index contributed by atoms with van der Waals surface area (Å²) in [5.74, 6) is 0.804. The summed E-state index contributed by atoms with van der Waals surface area (Å²) in [6, 6.07) is 8.07. The number of nitrogens with zero attached hydrogens (tertiary/aromatic N) is 5. The first-order valence-electron chi connectivity index (χ1n) is 11.1. The molecule has 31 heavy (non-hydrogen) atoms. The number of tetrazole rings is 1. The molecule has 1 unspecified atom stereocenters. The number of aromatic nitrogens is 5. The number of nitrogens with one attached hydrogen (secondary N) is 1. The minimum absolute atomic E-state index is 0.0535. The van der Waals surface area contributed by atoms with Gasteiger partial charge in [-0.05, 0) is 74.0 Å². The summed E-state index contributed by atoms with van der Waals surface area (Å²) in [4.78, 5) is 18.1. The van der Waals surface area contributed by atoms with Gasteiger partial charge in [-0.1, -0.05) is 18.6 Å². The summed E-state index contributed by atoms with van der Waals surface area (Å²) in [5.41, 5.74) is 2.54. The first kappa shape index (κ1) is 21.6. The van der Waals surface area contributed by atoms with Gasteiger partial charge in [0, 0.05) is 30.8 Å². The molecule has 166 valence electrons.